The maximum Gasteiger partial charge on any atom is 0.321 e. The van der Waals surface area contributed by atoms with E-state index in [1.165, 1.54) is 4.90 Å². The Labute approximate surface area is 162 Å². The minimum absolute atomic E-state index is 0.203. The maximum absolute atomic E-state index is 13.1. The summed E-state index contributed by atoms with van der Waals surface area (Å²) in [5.74, 6) is -3.44. The van der Waals surface area contributed by atoms with E-state index in [0.29, 0.717) is 6.42 Å². The van der Waals surface area contributed by atoms with E-state index in [9.17, 15) is 19.5 Å². The number of aliphatic carboxylic acids is 1. The lowest BCUT2D eigenvalue weighted by atomic mass is 9.85. The van der Waals surface area contributed by atoms with Crippen LogP contribution in [0.2, 0.25) is 0 Å². The number of aromatic nitrogens is 1. The highest BCUT2D eigenvalue weighted by molar-refractivity contribution is 6.08. The first-order valence-electron chi connectivity index (χ1n) is 9.28. The normalized spacial score (nSPS) is 26.5. The molecule has 2 aliphatic rings. The third kappa shape index (κ3) is 2.97. The number of carbonyl (C=O) groups is 3. The molecule has 7 heteroatoms. The zero-order valence-electron chi connectivity index (χ0n) is 15.4. The van der Waals surface area contributed by atoms with Gasteiger partial charge in [-0.2, -0.15) is 0 Å². The van der Waals surface area contributed by atoms with Gasteiger partial charge in [-0.05, 0) is 30.2 Å². The van der Waals surface area contributed by atoms with Gasteiger partial charge in [0.05, 0.1) is 11.8 Å². The van der Waals surface area contributed by atoms with Crippen LogP contribution in [0.15, 0.2) is 48.7 Å². The molecular weight excluding hydrogens is 358 g/mol. The van der Waals surface area contributed by atoms with Crippen molar-refractivity contribution < 1.29 is 19.5 Å². The second kappa shape index (κ2) is 7.16. The van der Waals surface area contributed by atoms with Crippen LogP contribution in [0.3, 0.4) is 0 Å². The molecule has 7 nitrogen and oxygen atoms in total. The van der Waals surface area contributed by atoms with Gasteiger partial charge in [0.25, 0.3) is 0 Å². The summed E-state index contributed by atoms with van der Waals surface area (Å²) in [6.07, 6.45) is 2.11. The molecule has 28 heavy (non-hydrogen) atoms. The number of imide groups is 1. The fourth-order valence-electron chi connectivity index (χ4n) is 4.31. The fraction of sp³-hybridized carbons (Fsp3) is 0.333. The summed E-state index contributed by atoms with van der Waals surface area (Å²) in [5, 5.41) is 12.7. The number of hydrogen-bond acceptors (Lipinski definition) is 5. The Morgan fingerprint density at radius 1 is 1.11 bits per heavy atom. The average Bonchev–Trinajstić information content (AvgIpc) is 3.19. The van der Waals surface area contributed by atoms with Crippen LogP contribution in [-0.2, 0) is 20.8 Å². The van der Waals surface area contributed by atoms with Gasteiger partial charge >= 0.3 is 5.97 Å². The Morgan fingerprint density at radius 2 is 1.82 bits per heavy atom. The average molecular weight is 379 g/mol. The predicted octanol–water partition coefficient (Wildman–Crippen LogP) is 1.33. The maximum atomic E-state index is 13.1. The van der Waals surface area contributed by atoms with Crippen molar-refractivity contribution in [1.29, 1.82) is 0 Å². The molecule has 144 valence electrons. The van der Waals surface area contributed by atoms with E-state index < -0.39 is 35.8 Å². The Kier molecular flexibility index (Phi) is 4.68. The molecule has 2 fully saturated rings. The van der Waals surface area contributed by atoms with Crippen molar-refractivity contribution in [2.24, 2.45) is 11.8 Å². The largest absolute Gasteiger partial charge is 0.480 e. The number of pyridine rings is 1. The van der Waals surface area contributed by atoms with Crippen LogP contribution >= 0.6 is 0 Å². The van der Waals surface area contributed by atoms with Gasteiger partial charge in [-0.15, -0.1) is 0 Å². The summed E-state index contributed by atoms with van der Waals surface area (Å²) < 4.78 is 0. The molecule has 2 amide bonds. The number of likely N-dealkylation sites (tertiary alicyclic amines) is 1. The molecule has 0 bridgehead atoms. The number of nitrogens with zero attached hydrogens (tertiary/aromatic N) is 2. The SMILES string of the molecule is Cc1ccccc1C1NC(C(=O)O)C2C(=O)N(CCc3ccccn3)C(=O)C12. The zero-order chi connectivity index (χ0) is 19.8. The number of carboxylic acid groups (broad SMARTS) is 1. The van der Waals surface area contributed by atoms with E-state index in [1.54, 1.807) is 12.3 Å². The summed E-state index contributed by atoms with van der Waals surface area (Å²) >= 11 is 0. The van der Waals surface area contributed by atoms with Crippen LogP contribution in [0.5, 0.6) is 0 Å². The van der Waals surface area contributed by atoms with Gasteiger partial charge < -0.3 is 5.11 Å². The molecule has 2 N–H and O–H groups in total. The quantitative estimate of drug-likeness (QED) is 0.761. The lowest BCUT2D eigenvalue weighted by molar-refractivity contribution is -0.146. The van der Waals surface area contributed by atoms with Gasteiger partial charge in [-0.1, -0.05) is 30.3 Å². The first-order chi connectivity index (χ1) is 13.5. The molecule has 4 unspecified atom stereocenters. The predicted molar refractivity (Wildman–Crippen MR) is 100 cm³/mol. The van der Waals surface area contributed by atoms with Crippen LogP contribution in [-0.4, -0.2) is 45.4 Å². The summed E-state index contributed by atoms with van der Waals surface area (Å²) in [7, 11) is 0. The number of benzene rings is 1. The second-order valence-electron chi connectivity index (χ2n) is 7.27. The molecule has 0 radical (unpaired) electrons. The van der Waals surface area contributed by atoms with Gasteiger partial charge in [-0.25, -0.2) is 0 Å². The molecule has 4 atom stereocenters. The molecular formula is C21H21N3O4. The summed E-state index contributed by atoms with van der Waals surface area (Å²) in [6.45, 7) is 2.12. The molecule has 0 saturated carbocycles. The van der Waals surface area contributed by atoms with Crippen molar-refractivity contribution in [3.63, 3.8) is 0 Å². The Hall–Kier alpha value is -3.06. The van der Waals surface area contributed by atoms with E-state index in [-0.39, 0.29) is 12.5 Å². The minimum atomic E-state index is -1.11. The van der Waals surface area contributed by atoms with Crippen molar-refractivity contribution >= 4 is 17.8 Å². The lowest BCUT2D eigenvalue weighted by Crippen LogP contribution is -2.43. The van der Waals surface area contributed by atoms with Crippen LogP contribution < -0.4 is 5.32 Å². The second-order valence-corrected chi connectivity index (χ2v) is 7.27. The highest BCUT2D eigenvalue weighted by Crippen LogP contribution is 2.44. The number of nitrogens with one attached hydrogen (secondary N) is 1. The third-order valence-corrected chi connectivity index (χ3v) is 5.67. The molecule has 0 spiro atoms. The van der Waals surface area contributed by atoms with Gasteiger partial charge in [0, 0.05) is 30.9 Å². The molecule has 2 aliphatic heterocycles. The van der Waals surface area contributed by atoms with Crippen molar-refractivity contribution in [3.8, 4) is 0 Å². The molecule has 3 heterocycles. The standard InChI is InChI=1S/C21H21N3O4/c1-12-6-2-3-8-14(12)17-15-16(18(23-17)21(27)28)20(26)24(19(15)25)11-9-13-7-4-5-10-22-13/h2-8,10,15-18,23H,9,11H2,1H3,(H,27,28). The molecule has 2 saturated heterocycles. The van der Waals surface area contributed by atoms with E-state index in [2.05, 4.69) is 10.3 Å². The monoisotopic (exact) mass is 379 g/mol. The van der Waals surface area contributed by atoms with Crippen LogP contribution in [0.25, 0.3) is 0 Å². The highest BCUT2D eigenvalue weighted by Gasteiger charge is 2.60. The first kappa shape index (κ1) is 18.3. The number of fused-ring (bicyclic) bond motifs is 1. The van der Waals surface area contributed by atoms with E-state index in [1.807, 2.05) is 43.3 Å². The van der Waals surface area contributed by atoms with Gasteiger partial charge in [0.2, 0.25) is 11.8 Å². The first-order valence-corrected chi connectivity index (χ1v) is 9.28. The van der Waals surface area contributed by atoms with Crippen molar-refractivity contribution in [3.05, 3.63) is 65.5 Å². The van der Waals surface area contributed by atoms with Crippen LogP contribution in [0.1, 0.15) is 22.9 Å². The molecule has 0 aliphatic carbocycles. The minimum Gasteiger partial charge on any atom is -0.480 e. The van der Waals surface area contributed by atoms with Crippen LogP contribution in [0, 0.1) is 18.8 Å². The van der Waals surface area contributed by atoms with Gasteiger partial charge in [0.15, 0.2) is 0 Å². The zero-order valence-corrected chi connectivity index (χ0v) is 15.4. The van der Waals surface area contributed by atoms with Gasteiger partial charge in [0.1, 0.15) is 6.04 Å². The van der Waals surface area contributed by atoms with Crippen molar-refractivity contribution in [1.82, 2.24) is 15.2 Å². The van der Waals surface area contributed by atoms with Crippen LogP contribution in [0.4, 0.5) is 0 Å². The number of carboxylic acids is 1. The Balaban J connectivity index is 1.63. The van der Waals surface area contributed by atoms with E-state index in [4.69, 9.17) is 0 Å². The molecule has 2 aromatic rings. The highest BCUT2D eigenvalue weighted by atomic mass is 16.4. The summed E-state index contributed by atoms with van der Waals surface area (Å²) in [5.41, 5.74) is 2.59. The molecule has 4 rings (SSSR count). The fourth-order valence-corrected chi connectivity index (χ4v) is 4.31. The Morgan fingerprint density at radius 3 is 2.50 bits per heavy atom. The third-order valence-electron chi connectivity index (χ3n) is 5.67. The van der Waals surface area contributed by atoms with E-state index in [0.717, 1.165) is 16.8 Å². The smallest absolute Gasteiger partial charge is 0.321 e. The lowest BCUT2D eigenvalue weighted by Gasteiger charge is -2.22. The number of rotatable bonds is 5. The molecule has 1 aromatic carbocycles. The van der Waals surface area contributed by atoms with E-state index >= 15 is 0 Å². The summed E-state index contributed by atoms with van der Waals surface area (Å²) in [4.78, 5) is 43.3. The van der Waals surface area contributed by atoms with Gasteiger partial charge in [-0.3, -0.25) is 29.6 Å². The number of aryl methyl sites for hydroxylation is 1. The summed E-state index contributed by atoms with van der Waals surface area (Å²) in [6, 6.07) is 11.5. The van der Waals surface area contributed by atoms with Crippen molar-refractivity contribution in [2.75, 3.05) is 6.54 Å². The Bertz CT molecular complexity index is 930. The topological polar surface area (TPSA) is 99.6 Å². The van der Waals surface area contributed by atoms with Crippen molar-refractivity contribution in [2.45, 2.75) is 25.4 Å². The number of hydrogen-bond donors (Lipinski definition) is 2. The molecule has 1 aromatic heterocycles. The number of carbonyl (C=O) groups excluding carboxylic acids is 2. The number of amides is 2.